The molecule has 0 radical (unpaired) electrons. The summed E-state index contributed by atoms with van der Waals surface area (Å²) in [4.78, 5) is 5.02. The molecule has 3 heteroatoms. The molecule has 0 unspecified atom stereocenters. The van der Waals surface area contributed by atoms with Crippen molar-refractivity contribution in [3.63, 3.8) is 0 Å². The first-order valence-electron chi connectivity index (χ1n) is 6.69. The third-order valence-corrected chi connectivity index (χ3v) is 3.73. The normalized spacial score (nSPS) is 21.0. The Morgan fingerprint density at radius 2 is 1.88 bits per heavy atom. The smallest absolute Gasteiger partial charge is 0.0123 e. The van der Waals surface area contributed by atoms with Crippen LogP contribution >= 0.6 is 0 Å². The van der Waals surface area contributed by atoms with E-state index in [1.54, 1.807) is 0 Å². The zero-order valence-electron chi connectivity index (χ0n) is 11.6. The molecule has 1 rings (SSSR count). The summed E-state index contributed by atoms with van der Waals surface area (Å²) >= 11 is 0. The Bertz CT molecular complexity index is 192. The summed E-state index contributed by atoms with van der Waals surface area (Å²) < 4.78 is 0. The first-order valence-corrected chi connectivity index (χ1v) is 6.69. The third kappa shape index (κ3) is 5.28. The highest BCUT2D eigenvalue weighted by molar-refractivity contribution is 4.76. The lowest BCUT2D eigenvalue weighted by atomic mass is 10.0. The highest BCUT2D eigenvalue weighted by Gasteiger charge is 2.15. The van der Waals surface area contributed by atoms with E-state index >= 15 is 0 Å². The zero-order chi connectivity index (χ0) is 12.0. The van der Waals surface area contributed by atoms with Gasteiger partial charge in [-0.3, -0.25) is 0 Å². The fourth-order valence-corrected chi connectivity index (χ4v) is 2.00. The van der Waals surface area contributed by atoms with Gasteiger partial charge in [0.25, 0.3) is 0 Å². The summed E-state index contributed by atoms with van der Waals surface area (Å²) in [6.07, 6.45) is 2.50. The van der Waals surface area contributed by atoms with E-state index in [0.29, 0.717) is 5.54 Å². The highest BCUT2D eigenvalue weighted by Crippen LogP contribution is 2.06. The molecule has 0 aromatic heterocycles. The first kappa shape index (κ1) is 13.9. The molecule has 0 aliphatic carbocycles. The fourth-order valence-electron chi connectivity index (χ4n) is 2.00. The molecule has 0 bridgehead atoms. The van der Waals surface area contributed by atoms with E-state index in [1.165, 1.54) is 45.6 Å². The van der Waals surface area contributed by atoms with Crippen LogP contribution in [0.5, 0.6) is 0 Å². The van der Waals surface area contributed by atoms with Crippen LogP contribution in [-0.4, -0.2) is 61.7 Å². The molecular formula is C13H29N3. The largest absolute Gasteiger partial charge is 0.311 e. The number of rotatable bonds is 5. The minimum atomic E-state index is 0.294. The Hall–Kier alpha value is -0.120. The summed E-state index contributed by atoms with van der Waals surface area (Å²) in [6, 6.07) is 0. The molecule has 1 saturated heterocycles. The van der Waals surface area contributed by atoms with Gasteiger partial charge in [-0.2, -0.15) is 0 Å². The van der Waals surface area contributed by atoms with Crippen LogP contribution in [0.15, 0.2) is 0 Å². The number of nitrogens with one attached hydrogen (secondary N) is 1. The van der Waals surface area contributed by atoms with Gasteiger partial charge in [0.15, 0.2) is 0 Å². The van der Waals surface area contributed by atoms with Crippen molar-refractivity contribution in [3.05, 3.63) is 0 Å². The number of hydrogen-bond acceptors (Lipinski definition) is 3. The quantitative estimate of drug-likeness (QED) is 0.766. The minimum absolute atomic E-state index is 0.294. The first-order chi connectivity index (χ1) is 7.53. The van der Waals surface area contributed by atoms with E-state index in [4.69, 9.17) is 0 Å². The van der Waals surface area contributed by atoms with Gasteiger partial charge in [-0.05, 0) is 46.8 Å². The third-order valence-electron chi connectivity index (χ3n) is 3.73. The molecule has 1 heterocycles. The van der Waals surface area contributed by atoms with Crippen molar-refractivity contribution in [1.29, 1.82) is 0 Å². The summed E-state index contributed by atoms with van der Waals surface area (Å²) in [5.41, 5.74) is 0.294. The Balaban J connectivity index is 2.17. The van der Waals surface area contributed by atoms with Crippen LogP contribution in [0.4, 0.5) is 0 Å². The zero-order valence-corrected chi connectivity index (χ0v) is 11.6. The molecule has 1 N–H and O–H groups in total. The number of hydrogen-bond donors (Lipinski definition) is 1. The number of likely N-dealkylation sites (N-methyl/N-ethyl adjacent to an activating group) is 1. The molecule has 0 aromatic carbocycles. The SMILES string of the molecule is CCC(C)(C)NCCN1CCCN(C)CC1. The summed E-state index contributed by atoms with van der Waals surface area (Å²) in [5, 5.41) is 3.63. The average Bonchev–Trinajstić information content (AvgIpc) is 2.44. The Morgan fingerprint density at radius 1 is 1.12 bits per heavy atom. The molecule has 0 spiro atoms. The van der Waals surface area contributed by atoms with Crippen LogP contribution in [0.1, 0.15) is 33.6 Å². The van der Waals surface area contributed by atoms with Crippen LogP contribution in [-0.2, 0) is 0 Å². The standard InChI is InChI=1S/C13H29N3/c1-5-13(2,3)14-7-10-16-9-6-8-15(4)11-12-16/h14H,5-12H2,1-4H3. The molecule has 0 atom stereocenters. The van der Waals surface area contributed by atoms with Crippen molar-refractivity contribution in [2.45, 2.75) is 39.2 Å². The van der Waals surface area contributed by atoms with Gasteiger partial charge in [0.2, 0.25) is 0 Å². The lowest BCUT2D eigenvalue weighted by Gasteiger charge is -2.27. The van der Waals surface area contributed by atoms with E-state index in [0.717, 1.165) is 6.54 Å². The molecule has 3 nitrogen and oxygen atoms in total. The predicted molar refractivity (Wildman–Crippen MR) is 70.9 cm³/mol. The molecule has 1 aliphatic heterocycles. The molecule has 0 amide bonds. The maximum absolute atomic E-state index is 3.63. The van der Waals surface area contributed by atoms with Crippen molar-refractivity contribution < 1.29 is 0 Å². The van der Waals surface area contributed by atoms with Crippen LogP contribution < -0.4 is 5.32 Å². The van der Waals surface area contributed by atoms with Crippen LogP contribution in [0.25, 0.3) is 0 Å². The molecule has 96 valence electrons. The summed E-state index contributed by atoms with van der Waals surface area (Å²) in [6.45, 7) is 14.1. The Labute approximate surface area is 101 Å². The van der Waals surface area contributed by atoms with Crippen LogP contribution in [0.2, 0.25) is 0 Å². The molecule has 1 aliphatic rings. The topological polar surface area (TPSA) is 18.5 Å². The maximum atomic E-state index is 3.63. The summed E-state index contributed by atoms with van der Waals surface area (Å²) in [5.74, 6) is 0. The Morgan fingerprint density at radius 3 is 2.56 bits per heavy atom. The second-order valence-electron chi connectivity index (χ2n) is 5.66. The van der Waals surface area contributed by atoms with Gasteiger partial charge in [-0.25, -0.2) is 0 Å². The van der Waals surface area contributed by atoms with Gasteiger partial charge in [-0.15, -0.1) is 0 Å². The van der Waals surface area contributed by atoms with Crippen molar-refractivity contribution in [2.24, 2.45) is 0 Å². The predicted octanol–water partition coefficient (Wildman–Crippen LogP) is 1.40. The maximum Gasteiger partial charge on any atom is 0.0123 e. The molecule has 0 saturated carbocycles. The van der Waals surface area contributed by atoms with E-state index in [2.05, 4.69) is 42.9 Å². The van der Waals surface area contributed by atoms with Crippen molar-refractivity contribution in [2.75, 3.05) is 46.3 Å². The second-order valence-corrected chi connectivity index (χ2v) is 5.66. The molecule has 1 fully saturated rings. The van der Waals surface area contributed by atoms with Gasteiger partial charge in [-0.1, -0.05) is 6.92 Å². The minimum Gasteiger partial charge on any atom is -0.311 e. The monoisotopic (exact) mass is 227 g/mol. The van der Waals surface area contributed by atoms with Crippen LogP contribution in [0.3, 0.4) is 0 Å². The van der Waals surface area contributed by atoms with Crippen molar-refractivity contribution in [1.82, 2.24) is 15.1 Å². The van der Waals surface area contributed by atoms with Gasteiger partial charge >= 0.3 is 0 Å². The van der Waals surface area contributed by atoms with E-state index < -0.39 is 0 Å². The van der Waals surface area contributed by atoms with E-state index in [-0.39, 0.29) is 0 Å². The molecular weight excluding hydrogens is 198 g/mol. The van der Waals surface area contributed by atoms with E-state index in [1.807, 2.05) is 0 Å². The van der Waals surface area contributed by atoms with E-state index in [9.17, 15) is 0 Å². The summed E-state index contributed by atoms with van der Waals surface area (Å²) in [7, 11) is 2.22. The Kier molecular flexibility index (Phi) is 5.73. The lowest BCUT2D eigenvalue weighted by molar-refractivity contribution is 0.260. The van der Waals surface area contributed by atoms with Gasteiger partial charge in [0, 0.05) is 31.7 Å². The molecule has 0 aromatic rings. The van der Waals surface area contributed by atoms with Gasteiger partial charge in [0.1, 0.15) is 0 Å². The number of nitrogens with zero attached hydrogens (tertiary/aromatic N) is 2. The lowest BCUT2D eigenvalue weighted by Crippen LogP contribution is -2.43. The molecule has 16 heavy (non-hydrogen) atoms. The van der Waals surface area contributed by atoms with Gasteiger partial charge < -0.3 is 15.1 Å². The highest BCUT2D eigenvalue weighted by atomic mass is 15.2. The van der Waals surface area contributed by atoms with Gasteiger partial charge in [0.05, 0.1) is 0 Å². The van der Waals surface area contributed by atoms with Crippen molar-refractivity contribution >= 4 is 0 Å². The van der Waals surface area contributed by atoms with Crippen LogP contribution in [0, 0.1) is 0 Å². The fraction of sp³-hybridized carbons (Fsp3) is 1.00. The van der Waals surface area contributed by atoms with Crippen molar-refractivity contribution in [3.8, 4) is 0 Å². The second kappa shape index (κ2) is 6.58. The average molecular weight is 227 g/mol.